The largest absolute Gasteiger partial charge is 0.464 e. The van der Waals surface area contributed by atoms with Crippen LogP contribution in [0.3, 0.4) is 0 Å². The summed E-state index contributed by atoms with van der Waals surface area (Å²) in [7, 11) is 0. The highest BCUT2D eigenvalue weighted by atomic mass is 16.5. The predicted octanol–water partition coefficient (Wildman–Crippen LogP) is 4.72. The van der Waals surface area contributed by atoms with Crippen molar-refractivity contribution in [3.63, 3.8) is 0 Å². The first-order valence-electron chi connectivity index (χ1n) is 9.44. The summed E-state index contributed by atoms with van der Waals surface area (Å²) in [4.78, 5) is 24.7. The summed E-state index contributed by atoms with van der Waals surface area (Å²) >= 11 is 0. The molecule has 3 rings (SSSR count). The molecule has 3 aromatic rings. The van der Waals surface area contributed by atoms with Crippen LogP contribution in [-0.2, 0) is 27.2 Å². The van der Waals surface area contributed by atoms with E-state index in [1.165, 1.54) is 5.56 Å². The molecule has 1 amide bonds. The zero-order valence-corrected chi connectivity index (χ0v) is 16.7. The van der Waals surface area contributed by atoms with Gasteiger partial charge in [0.2, 0.25) is 0 Å². The van der Waals surface area contributed by atoms with Crippen molar-refractivity contribution in [2.45, 2.75) is 46.6 Å². The van der Waals surface area contributed by atoms with E-state index in [-0.39, 0.29) is 12.3 Å². The number of ether oxygens (including phenoxy) is 1. The molecule has 2 aromatic carbocycles. The Morgan fingerprint density at radius 1 is 1.14 bits per heavy atom. The average Bonchev–Trinajstić information content (AvgIpc) is 3.06. The van der Waals surface area contributed by atoms with Crippen LogP contribution in [0.25, 0.3) is 11.0 Å². The van der Waals surface area contributed by atoms with Crippen LogP contribution >= 0.6 is 0 Å². The molecule has 0 radical (unpaired) electrons. The fraction of sp³-hybridized carbons (Fsp3) is 0.304. The Morgan fingerprint density at radius 2 is 1.93 bits per heavy atom. The molecule has 146 valence electrons. The first-order chi connectivity index (χ1) is 13.4. The summed E-state index contributed by atoms with van der Waals surface area (Å²) in [5, 5.41) is 3.71. The molecule has 1 atom stereocenters. The van der Waals surface area contributed by atoms with Gasteiger partial charge in [0.05, 0.1) is 12.7 Å². The van der Waals surface area contributed by atoms with E-state index >= 15 is 0 Å². The molecule has 0 aliphatic carbocycles. The summed E-state index contributed by atoms with van der Waals surface area (Å²) < 4.78 is 10.9. The number of anilines is 1. The molecule has 5 heteroatoms. The molecule has 0 saturated carbocycles. The molecule has 0 saturated heterocycles. The number of fused-ring (bicyclic) bond motifs is 1. The molecule has 0 fully saturated rings. The highest BCUT2D eigenvalue weighted by molar-refractivity contribution is 5.96. The van der Waals surface area contributed by atoms with E-state index in [9.17, 15) is 9.59 Å². The minimum atomic E-state index is -0.891. The second kappa shape index (κ2) is 8.30. The number of rotatable bonds is 6. The zero-order chi connectivity index (χ0) is 20.3. The van der Waals surface area contributed by atoms with E-state index in [1.807, 2.05) is 50.2 Å². The number of aryl methyl sites for hydroxylation is 3. The summed E-state index contributed by atoms with van der Waals surface area (Å²) in [5.41, 5.74) is 5.40. The highest BCUT2D eigenvalue weighted by Crippen LogP contribution is 2.23. The Kier molecular flexibility index (Phi) is 5.83. The number of furan rings is 1. The molecule has 0 aliphatic heterocycles. The quantitative estimate of drug-likeness (QED) is 0.629. The topological polar surface area (TPSA) is 68.5 Å². The minimum absolute atomic E-state index is 0.0551. The van der Waals surface area contributed by atoms with Gasteiger partial charge in [-0.2, -0.15) is 0 Å². The monoisotopic (exact) mass is 379 g/mol. The molecule has 1 heterocycles. The maximum atomic E-state index is 12.4. The molecule has 0 bridgehead atoms. The Morgan fingerprint density at radius 3 is 2.68 bits per heavy atom. The van der Waals surface area contributed by atoms with Crippen LogP contribution in [-0.4, -0.2) is 18.0 Å². The summed E-state index contributed by atoms with van der Waals surface area (Å²) in [6, 6.07) is 11.8. The molecule has 1 aromatic heterocycles. The van der Waals surface area contributed by atoms with E-state index in [0.29, 0.717) is 0 Å². The summed E-state index contributed by atoms with van der Waals surface area (Å²) in [6.45, 7) is 7.52. The zero-order valence-electron chi connectivity index (χ0n) is 16.7. The number of carbonyl (C=O) groups excluding carboxylic acids is 2. The smallest absolute Gasteiger partial charge is 0.311 e. The molecule has 0 unspecified atom stereocenters. The van der Waals surface area contributed by atoms with Crippen LogP contribution in [0.2, 0.25) is 0 Å². The first kappa shape index (κ1) is 19.7. The van der Waals surface area contributed by atoms with Gasteiger partial charge < -0.3 is 14.5 Å². The lowest BCUT2D eigenvalue weighted by Gasteiger charge is -2.15. The second-order valence-corrected chi connectivity index (χ2v) is 7.06. The van der Waals surface area contributed by atoms with E-state index in [4.69, 9.17) is 9.15 Å². The second-order valence-electron chi connectivity index (χ2n) is 7.06. The van der Waals surface area contributed by atoms with Crippen LogP contribution < -0.4 is 5.32 Å². The van der Waals surface area contributed by atoms with Gasteiger partial charge in [0.1, 0.15) is 5.58 Å². The normalized spacial score (nSPS) is 12.0. The number of benzene rings is 2. The Balaban J connectivity index is 1.62. The third kappa shape index (κ3) is 4.42. The van der Waals surface area contributed by atoms with Gasteiger partial charge in [-0.05, 0) is 56.0 Å². The molecule has 5 nitrogen and oxygen atoms in total. The number of hydrogen-bond donors (Lipinski definition) is 1. The third-order valence-corrected chi connectivity index (χ3v) is 4.79. The Hall–Kier alpha value is -3.08. The van der Waals surface area contributed by atoms with Crippen molar-refractivity contribution in [2.75, 3.05) is 5.32 Å². The van der Waals surface area contributed by atoms with Gasteiger partial charge in [-0.25, -0.2) is 0 Å². The molecule has 1 N–H and O–H groups in total. The molecule has 0 aliphatic rings. The van der Waals surface area contributed by atoms with Crippen LogP contribution in [0, 0.1) is 13.8 Å². The van der Waals surface area contributed by atoms with Gasteiger partial charge in [-0.1, -0.05) is 31.2 Å². The predicted molar refractivity (Wildman–Crippen MR) is 109 cm³/mol. The van der Waals surface area contributed by atoms with Crippen molar-refractivity contribution in [1.82, 2.24) is 0 Å². The van der Waals surface area contributed by atoms with Crippen molar-refractivity contribution < 1.29 is 18.7 Å². The highest BCUT2D eigenvalue weighted by Gasteiger charge is 2.20. The maximum absolute atomic E-state index is 12.4. The average molecular weight is 379 g/mol. The van der Waals surface area contributed by atoms with Gasteiger partial charge in [-0.3, -0.25) is 9.59 Å². The van der Waals surface area contributed by atoms with Gasteiger partial charge in [-0.15, -0.1) is 0 Å². The van der Waals surface area contributed by atoms with Crippen molar-refractivity contribution in [2.24, 2.45) is 0 Å². The first-order valence-corrected chi connectivity index (χ1v) is 9.44. The fourth-order valence-electron chi connectivity index (χ4n) is 3.04. The number of hydrogen-bond acceptors (Lipinski definition) is 4. The van der Waals surface area contributed by atoms with E-state index < -0.39 is 12.1 Å². The van der Waals surface area contributed by atoms with Crippen molar-refractivity contribution >= 4 is 28.5 Å². The maximum Gasteiger partial charge on any atom is 0.311 e. The number of nitrogens with one attached hydrogen (secondary N) is 1. The molecule has 28 heavy (non-hydrogen) atoms. The van der Waals surface area contributed by atoms with Gasteiger partial charge in [0.25, 0.3) is 5.91 Å². The summed E-state index contributed by atoms with van der Waals surface area (Å²) in [6.07, 6.45) is 1.66. The molecular weight excluding hydrogens is 354 g/mol. The van der Waals surface area contributed by atoms with E-state index in [2.05, 4.69) is 12.2 Å². The van der Waals surface area contributed by atoms with Gasteiger partial charge >= 0.3 is 5.97 Å². The third-order valence-electron chi connectivity index (χ3n) is 4.79. The lowest BCUT2D eigenvalue weighted by molar-refractivity contribution is -0.152. The fourth-order valence-corrected chi connectivity index (χ4v) is 3.04. The van der Waals surface area contributed by atoms with Crippen molar-refractivity contribution in [3.05, 3.63) is 64.9 Å². The number of esters is 1. The van der Waals surface area contributed by atoms with Crippen molar-refractivity contribution in [3.8, 4) is 0 Å². The van der Waals surface area contributed by atoms with Gasteiger partial charge in [0, 0.05) is 16.6 Å². The lowest BCUT2D eigenvalue weighted by Crippen LogP contribution is -2.30. The lowest BCUT2D eigenvalue weighted by atomic mass is 10.1. The Bertz CT molecular complexity index is 1020. The SMILES string of the molecule is CCc1ccc2c(CC(=O)O[C@@H](C)C(=O)Nc3cc(C)ccc3C)coc2c1. The summed E-state index contributed by atoms with van der Waals surface area (Å²) in [5.74, 6) is -0.822. The van der Waals surface area contributed by atoms with Gasteiger partial charge in [0.15, 0.2) is 6.10 Å². The number of amides is 1. The standard InChI is InChI=1S/C23H25NO4/c1-5-17-8-9-19-18(13-27-21(19)11-17)12-22(25)28-16(4)23(26)24-20-10-14(2)6-7-15(20)3/h6-11,13,16H,5,12H2,1-4H3,(H,24,26)/t16-/m0/s1. The van der Waals surface area contributed by atoms with Crippen LogP contribution in [0.1, 0.15) is 36.1 Å². The molecular formula is C23H25NO4. The van der Waals surface area contributed by atoms with Crippen LogP contribution in [0.5, 0.6) is 0 Å². The number of carbonyl (C=O) groups is 2. The van der Waals surface area contributed by atoms with E-state index in [0.717, 1.165) is 39.8 Å². The Labute approximate surface area is 164 Å². The van der Waals surface area contributed by atoms with Crippen LogP contribution in [0.15, 0.2) is 47.1 Å². The van der Waals surface area contributed by atoms with Crippen molar-refractivity contribution in [1.29, 1.82) is 0 Å². The van der Waals surface area contributed by atoms with Crippen LogP contribution in [0.4, 0.5) is 5.69 Å². The molecule has 0 spiro atoms. The van der Waals surface area contributed by atoms with E-state index in [1.54, 1.807) is 13.2 Å². The minimum Gasteiger partial charge on any atom is -0.464 e.